The van der Waals surface area contributed by atoms with Gasteiger partial charge < -0.3 is 45.2 Å². The van der Waals surface area contributed by atoms with Crippen LogP contribution in [-0.2, 0) is 36.8 Å². The highest BCUT2D eigenvalue weighted by Crippen LogP contribution is 2.52. The van der Waals surface area contributed by atoms with E-state index in [4.69, 9.17) is 5.11 Å². The quantitative estimate of drug-likeness (QED) is 0.120. The van der Waals surface area contributed by atoms with E-state index in [1.54, 1.807) is 0 Å². The van der Waals surface area contributed by atoms with Gasteiger partial charge in [-0.15, -0.1) is 0 Å². The number of Topliss-reactive ketones (excluding diaryl/α,β-unsaturated/α-hetero) is 2. The largest absolute Gasteiger partial charge is 0.507 e. The van der Waals surface area contributed by atoms with Gasteiger partial charge in [-0.05, 0) is 30.4 Å². The number of aromatic hydroxyl groups is 2. The van der Waals surface area contributed by atoms with Crippen LogP contribution >= 0.6 is 0 Å². The van der Waals surface area contributed by atoms with Crippen molar-refractivity contribution in [3.05, 3.63) is 22.3 Å². The first-order valence-corrected chi connectivity index (χ1v) is 12.5. The van der Waals surface area contributed by atoms with E-state index in [1.165, 1.54) is 6.92 Å². The van der Waals surface area contributed by atoms with Crippen LogP contribution in [-0.4, -0.2) is 90.9 Å². The monoisotopic (exact) mass is 608 g/mol. The highest BCUT2D eigenvalue weighted by atomic mass is 16.6. The Morgan fingerprint density at radius 3 is 1.79 bits per heavy atom. The van der Waals surface area contributed by atoms with Crippen LogP contribution < -0.4 is 9.47 Å². The molecule has 0 aliphatic carbocycles. The van der Waals surface area contributed by atoms with E-state index in [2.05, 4.69) is 9.47 Å². The Labute approximate surface area is 241 Å². The fourth-order valence-corrected chi connectivity index (χ4v) is 4.77. The van der Waals surface area contributed by atoms with Crippen molar-refractivity contribution in [2.24, 2.45) is 11.8 Å². The molecule has 16 heteroatoms. The fourth-order valence-electron chi connectivity index (χ4n) is 4.77. The van der Waals surface area contributed by atoms with E-state index >= 15 is 0 Å². The summed E-state index contributed by atoms with van der Waals surface area (Å²) < 4.78 is 9.21. The molecule has 0 amide bonds. The third-order valence-corrected chi connectivity index (χ3v) is 6.82. The molecule has 0 heterocycles. The zero-order chi connectivity index (χ0) is 32.8. The summed E-state index contributed by atoms with van der Waals surface area (Å²) in [7, 11) is 0. The predicted molar refractivity (Wildman–Crippen MR) is 140 cm³/mol. The molecule has 0 radical (unpaired) electrons. The predicted octanol–water partition coefficient (Wildman–Crippen LogP) is 0.431. The number of hydrogen-bond acceptors (Lipinski definition) is 13. The molecule has 3 unspecified atom stereocenters. The van der Waals surface area contributed by atoms with Gasteiger partial charge in [-0.1, -0.05) is 6.92 Å². The molecule has 0 aromatic heterocycles. The van der Waals surface area contributed by atoms with Crippen molar-refractivity contribution >= 4 is 53.2 Å². The topological polar surface area (TPSA) is 280 Å². The number of benzene rings is 2. The van der Waals surface area contributed by atoms with E-state index in [0.29, 0.717) is 0 Å². The second-order valence-electron chi connectivity index (χ2n) is 9.50. The van der Waals surface area contributed by atoms with Gasteiger partial charge in [0.25, 0.3) is 12.9 Å². The van der Waals surface area contributed by atoms with Crippen molar-refractivity contribution in [1.29, 1.82) is 0 Å². The van der Waals surface area contributed by atoms with Gasteiger partial charge in [-0.2, -0.15) is 0 Å². The van der Waals surface area contributed by atoms with Crippen molar-refractivity contribution in [1.82, 2.24) is 0 Å². The summed E-state index contributed by atoms with van der Waals surface area (Å²) in [5.41, 5.74) is -3.18. The standard InChI is InChI=1S/C27H28O16/c1-10(5-17(34)35)14(7-28)16(33)6-13-12(3-4-15(32)11(2)31)22(36)20-19(18(13)26(38)39)23(37)25(43-9-30)24(42-8-29)21(20)27(40)41/h8-11,14,28,31,36-37H,3-7H2,1-2H3,(H,34,35)(H,38,39)(H,40,41). The maximum Gasteiger partial charge on any atom is 0.340 e. The number of carboxylic acid groups (broad SMARTS) is 3. The Hall–Kier alpha value is -5.09. The van der Waals surface area contributed by atoms with Gasteiger partial charge in [0.05, 0.1) is 12.2 Å². The maximum absolute atomic E-state index is 13.3. The molecule has 3 atom stereocenters. The summed E-state index contributed by atoms with van der Waals surface area (Å²) >= 11 is 0. The number of ether oxygens (including phenoxy) is 2. The normalized spacial score (nSPS) is 13.0. The van der Waals surface area contributed by atoms with E-state index in [1.807, 2.05) is 0 Å². The van der Waals surface area contributed by atoms with Crippen LogP contribution in [0.4, 0.5) is 0 Å². The van der Waals surface area contributed by atoms with Crippen LogP contribution in [0.25, 0.3) is 10.8 Å². The molecule has 0 bridgehead atoms. The lowest BCUT2D eigenvalue weighted by Crippen LogP contribution is -2.29. The second kappa shape index (κ2) is 14.2. The number of fused-ring (bicyclic) bond motifs is 1. The molecule has 7 N–H and O–H groups in total. The Morgan fingerprint density at radius 2 is 1.33 bits per heavy atom. The van der Waals surface area contributed by atoms with E-state index in [0.717, 1.165) is 6.92 Å². The molecule has 2 aromatic rings. The summed E-state index contributed by atoms with van der Waals surface area (Å²) in [6.45, 7) is 1.00. The van der Waals surface area contributed by atoms with Crippen LogP contribution in [0.3, 0.4) is 0 Å². The number of carbonyl (C=O) groups excluding carboxylic acids is 4. The molecular weight excluding hydrogens is 580 g/mol. The zero-order valence-corrected chi connectivity index (χ0v) is 22.7. The summed E-state index contributed by atoms with van der Waals surface area (Å²) in [6.07, 6.45) is -4.14. The third-order valence-electron chi connectivity index (χ3n) is 6.82. The molecule has 2 rings (SSSR count). The van der Waals surface area contributed by atoms with Crippen molar-refractivity contribution in [3.63, 3.8) is 0 Å². The van der Waals surface area contributed by atoms with Crippen molar-refractivity contribution < 1.29 is 78.8 Å². The lowest BCUT2D eigenvalue weighted by Gasteiger charge is -2.24. The van der Waals surface area contributed by atoms with Crippen LogP contribution in [0.2, 0.25) is 0 Å². The molecular formula is C27H28O16. The molecule has 0 aliphatic heterocycles. The number of hydrogen-bond donors (Lipinski definition) is 7. The fraction of sp³-hybridized carbons (Fsp3) is 0.370. The van der Waals surface area contributed by atoms with E-state index in [-0.39, 0.29) is 12.9 Å². The SMILES string of the molecule is CC(O)C(=O)CCc1c(CC(=O)C(CO)C(C)CC(=O)O)c(C(=O)O)c2c(O)c(OC=O)c(OC=O)c(C(=O)O)c2c1O. The third kappa shape index (κ3) is 7.04. The molecule has 2 aromatic carbocycles. The minimum absolute atomic E-state index is 0.303. The first kappa shape index (κ1) is 34.1. The van der Waals surface area contributed by atoms with Gasteiger partial charge in [-0.25, -0.2) is 9.59 Å². The zero-order valence-electron chi connectivity index (χ0n) is 22.7. The number of aliphatic hydroxyl groups is 2. The maximum atomic E-state index is 13.3. The highest BCUT2D eigenvalue weighted by Gasteiger charge is 2.36. The molecule has 43 heavy (non-hydrogen) atoms. The average Bonchev–Trinajstić information content (AvgIpc) is 2.90. The van der Waals surface area contributed by atoms with Crippen molar-refractivity contribution in [2.75, 3.05) is 6.61 Å². The van der Waals surface area contributed by atoms with E-state index < -0.39 is 136 Å². The van der Waals surface area contributed by atoms with Crippen LogP contribution in [0.1, 0.15) is 58.5 Å². The molecule has 0 aliphatic rings. The molecule has 16 nitrogen and oxygen atoms in total. The Balaban J connectivity index is 3.16. The molecule has 0 fully saturated rings. The van der Waals surface area contributed by atoms with Gasteiger partial charge in [0.15, 0.2) is 17.3 Å². The lowest BCUT2D eigenvalue weighted by molar-refractivity contribution is -0.139. The van der Waals surface area contributed by atoms with Gasteiger partial charge in [0.1, 0.15) is 23.2 Å². The van der Waals surface area contributed by atoms with Crippen molar-refractivity contribution in [2.45, 2.75) is 45.6 Å². The Bertz CT molecular complexity index is 1490. The smallest absolute Gasteiger partial charge is 0.340 e. The molecule has 232 valence electrons. The van der Waals surface area contributed by atoms with Gasteiger partial charge in [0, 0.05) is 36.0 Å². The first-order chi connectivity index (χ1) is 20.1. The van der Waals surface area contributed by atoms with Gasteiger partial charge >= 0.3 is 17.9 Å². The lowest BCUT2D eigenvalue weighted by atomic mass is 9.81. The molecule has 0 spiro atoms. The van der Waals surface area contributed by atoms with Crippen molar-refractivity contribution in [3.8, 4) is 23.0 Å². The number of phenolic OH excluding ortho intramolecular Hbond substituents is 2. The Morgan fingerprint density at radius 1 is 0.791 bits per heavy atom. The molecule has 0 saturated heterocycles. The first-order valence-electron chi connectivity index (χ1n) is 12.5. The van der Waals surface area contributed by atoms with Crippen LogP contribution in [0.15, 0.2) is 0 Å². The minimum atomic E-state index is -1.96. The molecule has 0 saturated carbocycles. The Kier molecular flexibility index (Phi) is 11.3. The number of ketones is 2. The summed E-state index contributed by atoms with van der Waals surface area (Å²) in [4.78, 5) is 84.1. The van der Waals surface area contributed by atoms with E-state index in [9.17, 15) is 64.2 Å². The number of carboxylic acids is 3. The number of rotatable bonds is 17. The second-order valence-corrected chi connectivity index (χ2v) is 9.50. The minimum Gasteiger partial charge on any atom is -0.507 e. The summed E-state index contributed by atoms with van der Waals surface area (Å²) in [6, 6.07) is 0. The number of carbonyl (C=O) groups is 7. The van der Waals surface area contributed by atoms with Crippen LogP contribution in [0.5, 0.6) is 23.0 Å². The van der Waals surface area contributed by atoms with Gasteiger partial charge in [-0.3, -0.25) is 24.0 Å². The number of aromatic carboxylic acids is 2. The summed E-state index contributed by atoms with van der Waals surface area (Å²) in [5, 5.41) is 69.3. The number of phenols is 2. The number of aliphatic carboxylic acids is 1. The highest BCUT2D eigenvalue weighted by molar-refractivity contribution is 6.19. The van der Waals surface area contributed by atoms with Gasteiger partial charge in [0.2, 0.25) is 5.75 Å². The van der Waals surface area contributed by atoms with Crippen LogP contribution in [0, 0.1) is 11.8 Å². The number of aliphatic hydroxyl groups excluding tert-OH is 2. The average molecular weight is 609 g/mol. The summed E-state index contributed by atoms with van der Waals surface area (Å²) in [5.74, 6) is -13.7.